The smallest absolute Gasteiger partial charge is 0.144 e. The molecule has 1 aromatic rings. The van der Waals surface area contributed by atoms with Gasteiger partial charge in [0.25, 0.3) is 0 Å². The van der Waals surface area contributed by atoms with Crippen molar-refractivity contribution in [2.24, 2.45) is 5.10 Å². The first-order valence-corrected chi connectivity index (χ1v) is 7.51. The van der Waals surface area contributed by atoms with E-state index >= 15 is 0 Å². The van der Waals surface area contributed by atoms with Crippen molar-refractivity contribution in [3.8, 4) is 0 Å². The molecule has 0 aliphatic rings. The summed E-state index contributed by atoms with van der Waals surface area (Å²) in [6.45, 7) is 8.68. The molecule has 22 heavy (non-hydrogen) atoms. The van der Waals surface area contributed by atoms with E-state index in [9.17, 15) is 4.79 Å². The van der Waals surface area contributed by atoms with Gasteiger partial charge in [0.15, 0.2) is 0 Å². The van der Waals surface area contributed by atoms with Crippen molar-refractivity contribution in [3.63, 3.8) is 0 Å². The summed E-state index contributed by atoms with van der Waals surface area (Å²) >= 11 is 0. The van der Waals surface area contributed by atoms with E-state index in [-0.39, 0.29) is 0 Å². The van der Waals surface area contributed by atoms with Crippen LogP contribution in [0.5, 0.6) is 0 Å². The Balaban J connectivity index is 2.66. The number of hydrazone groups is 1. The third-order valence-corrected chi connectivity index (χ3v) is 3.23. The molecule has 0 aliphatic heterocycles. The lowest BCUT2D eigenvalue weighted by atomic mass is 10.2. The van der Waals surface area contributed by atoms with Gasteiger partial charge in [-0.1, -0.05) is 37.3 Å². The van der Waals surface area contributed by atoms with E-state index in [0.717, 1.165) is 31.5 Å². The predicted octanol–water partition coefficient (Wildman–Crippen LogP) is 2.08. The average molecular weight is 302 g/mol. The first-order chi connectivity index (χ1) is 10.7. The average Bonchev–Trinajstić information content (AvgIpc) is 2.53. The molecule has 0 unspecified atom stereocenters. The predicted molar refractivity (Wildman–Crippen MR) is 91.5 cm³/mol. The fourth-order valence-electron chi connectivity index (χ4n) is 2.13. The van der Waals surface area contributed by atoms with Crippen LogP contribution in [0.1, 0.15) is 18.9 Å². The Morgan fingerprint density at radius 3 is 2.68 bits per heavy atom. The van der Waals surface area contributed by atoms with Crippen molar-refractivity contribution in [3.05, 3.63) is 47.7 Å². The zero-order valence-electron chi connectivity index (χ0n) is 13.5. The molecule has 0 saturated heterocycles. The van der Waals surface area contributed by atoms with Crippen molar-refractivity contribution in [1.82, 2.24) is 15.2 Å². The van der Waals surface area contributed by atoms with Crippen LogP contribution in [0.25, 0.3) is 0 Å². The van der Waals surface area contributed by atoms with Crippen LogP contribution in [0.2, 0.25) is 0 Å². The van der Waals surface area contributed by atoms with E-state index in [4.69, 9.17) is 0 Å². The molecule has 0 fully saturated rings. The van der Waals surface area contributed by atoms with Crippen LogP contribution in [0.4, 0.5) is 0 Å². The van der Waals surface area contributed by atoms with Crippen LogP contribution in [0, 0.1) is 0 Å². The van der Waals surface area contributed by atoms with Crippen LogP contribution < -0.4 is 5.32 Å². The highest BCUT2D eigenvalue weighted by Crippen LogP contribution is 2.07. The number of nitrogens with zero attached hydrogens (tertiary/aromatic N) is 3. The second-order valence-corrected chi connectivity index (χ2v) is 5.16. The second-order valence-electron chi connectivity index (χ2n) is 5.16. The molecule has 0 amide bonds. The molecule has 0 aliphatic carbocycles. The van der Waals surface area contributed by atoms with Gasteiger partial charge in [-0.05, 0) is 24.6 Å². The molecule has 1 aromatic carbocycles. The zero-order valence-corrected chi connectivity index (χ0v) is 13.5. The molecular weight excluding hydrogens is 276 g/mol. The highest BCUT2D eigenvalue weighted by molar-refractivity contribution is 5.66. The van der Waals surface area contributed by atoms with Gasteiger partial charge in [0.1, 0.15) is 13.0 Å². The summed E-state index contributed by atoms with van der Waals surface area (Å²) in [5, 5.41) is 8.70. The molecule has 0 spiro atoms. The van der Waals surface area contributed by atoms with Crippen LogP contribution in [-0.4, -0.2) is 49.7 Å². The molecule has 0 bridgehead atoms. The van der Waals surface area contributed by atoms with Gasteiger partial charge in [0, 0.05) is 32.6 Å². The van der Waals surface area contributed by atoms with Gasteiger partial charge in [-0.25, -0.2) is 0 Å². The molecule has 5 heteroatoms. The largest absolute Gasteiger partial charge is 0.369 e. The Kier molecular flexibility index (Phi) is 8.60. The third kappa shape index (κ3) is 7.04. The van der Waals surface area contributed by atoms with E-state index in [1.807, 2.05) is 25.2 Å². The molecule has 0 aromatic heterocycles. The number of nitrogens with one attached hydrogen (secondary N) is 1. The van der Waals surface area contributed by atoms with Crippen LogP contribution in [-0.2, 0) is 11.3 Å². The Bertz CT molecular complexity index is 473. The molecule has 0 heterocycles. The molecule has 0 atom stereocenters. The normalized spacial score (nSPS) is 11.3. The minimum atomic E-state index is 0.522. The van der Waals surface area contributed by atoms with Crippen molar-refractivity contribution in [2.45, 2.75) is 19.9 Å². The minimum absolute atomic E-state index is 0.522. The number of allylic oxidation sites excluding steroid dienone is 1. The van der Waals surface area contributed by atoms with Crippen molar-refractivity contribution >= 4 is 13.0 Å². The summed E-state index contributed by atoms with van der Waals surface area (Å²) in [5.74, 6) is 0. The number of carbonyl (C=O) groups is 1. The van der Waals surface area contributed by atoms with E-state index in [2.05, 4.69) is 41.1 Å². The number of rotatable bonds is 11. The first-order valence-electron chi connectivity index (χ1n) is 7.51. The Hall–Kier alpha value is -2.14. The summed E-state index contributed by atoms with van der Waals surface area (Å²) in [6.07, 6.45) is 3.45. The number of carbonyl (C=O) groups excluding carboxylic acids is 1. The molecule has 0 saturated carbocycles. The van der Waals surface area contributed by atoms with Gasteiger partial charge >= 0.3 is 0 Å². The van der Waals surface area contributed by atoms with Gasteiger partial charge in [-0.3, -0.25) is 14.7 Å². The van der Waals surface area contributed by atoms with Gasteiger partial charge in [-0.2, -0.15) is 5.10 Å². The maximum atomic E-state index is 10.8. The molecule has 120 valence electrons. The summed E-state index contributed by atoms with van der Waals surface area (Å²) in [5.41, 5.74) is 2.15. The second kappa shape index (κ2) is 10.6. The Morgan fingerprint density at radius 2 is 2.09 bits per heavy atom. The zero-order chi connectivity index (χ0) is 16.2. The van der Waals surface area contributed by atoms with Crippen molar-refractivity contribution in [1.29, 1.82) is 0 Å². The third-order valence-electron chi connectivity index (χ3n) is 3.23. The van der Waals surface area contributed by atoms with Crippen LogP contribution in [0.15, 0.2) is 47.2 Å². The van der Waals surface area contributed by atoms with E-state index in [1.165, 1.54) is 5.56 Å². The van der Waals surface area contributed by atoms with Gasteiger partial charge < -0.3 is 5.32 Å². The molecule has 1 rings (SSSR count). The number of aldehydes is 1. The standard InChI is InChI=1S/C17H26N4O/c1-4-11-21(13-16-8-6-5-7-9-16)14-17(10-12-22)19-15-20(3)18-2/h5-10,12,19H,2,4,11,13-15H2,1,3H3/b17-10-. The summed E-state index contributed by atoms with van der Waals surface area (Å²) in [4.78, 5) is 13.2. The van der Waals surface area contributed by atoms with E-state index < -0.39 is 0 Å². The summed E-state index contributed by atoms with van der Waals surface area (Å²) in [6, 6.07) is 10.4. The minimum Gasteiger partial charge on any atom is -0.369 e. The maximum Gasteiger partial charge on any atom is 0.144 e. The van der Waals surface area contributed by atoms with Gasteiger partial charge in [0.2, 0.25) is 0 Å². The van der Waals surface area contributed by atoms with Crippen molar-refractivity contribution in [2.75, 3.05) is 26.8 Å². The summed E-state index contributed by atoms with van der Waals surface area (Å²) < 4.78 is 0. The quantitative estimate of drug-likeness (QED) is 0.223. The lowest BCUT2D eigenvalue weighted by Gasteiger charge is -2.25. The highest BCUT2D eigenvalue weighted by Gasteiger charge is 2.08. The van der Waals surface area contributed by atoms with Gasteiger partial charge in [-0.15, -0.1) is 0 Å². The SMILES string of the molecule is C=NN(C)CN/C(=C\C=O)CN(CCC)Cc1ccccc1. The monoisotopic (exact) mass is 302 g/mol. The van der Waals surface area contributed by atoms with Crippen LogP contribution in [0.3, 0.4) is 0 Å². The number of hydrogen-bond acceptors (Lipinski definition) is 5. The fraction of sp³-hybridized carbons (Fsp3) is 0.412. The number of benzene rings is 1. The number of hydrogen-bond donors (Lipinski definition) is 1. The maximum absolute atomic E-state index is 10.8. The Morgan fingerprint density at radius 1 is 1.36 bits per heavy atom. The summed E-state index contributed by atoms with van der Waals surface area (Å²) in [7, 11) is 1.83. The lowest BCUT2D eigenvalue weighted by Crippen LogP contribution is -2.34. The molecule has 5 nitrogen and oxygen atoms in total. The lowest BCUT2D eigenvalue weighted by molar-refractivity contribution is -0.104. The van der Waals surface area contributed by atoms with E-state index in [0.29, 0.717) is 13.2 Å². The van der Waals surface area contributed by atoms with Crippen LogP contribution >= 0.6 is 0 Å². The first kappa shape index (κ1) is 17.9. The molecule has 0 radical (unpaired) electrons. The van der Waals surface area contributed by atoms with Crippen molar-refractivity contribution < 1.29 is 4.79 Å². The van der Waals surface area contributed by atoms with E-state index in [1.54, 1.807) is 11.1 Å². The fourth-order valence-corrected chi connectivity index (χ4v) is 2.13. The highest BCUT2D eigenvalue weighted by atomic mass is 16.1. The molecule has 1 N–H and O–H groups in total. The topological polar surface area (TPSA) is 47.9 Å². The molecular formula is C17H26N4O. The van der Waals surface area contributed by atoms with Gasteiger partial charge in [0.05, 0.1) is 0 Å². The Labute approximate surface area is 133 Å².